The van der Waals surface area contributed by atoms with E-state index in [1.165, 1.54) is 11.1 Å². The van der Waals surface area contributed by atoms with Gasteiger partial charge in [0.2, 0.25) is 0 Å². The SMILES string of the molecule is Cc1ccc(Cc2nnn(CC3CCOCC3)n2)cc1. The van der Waals surface area contributed by atoms with Crippen molar-refractivity contribution in [2.45, 2.75) is 32.7 Å². The van der Waals surface area contributed by atoms with E-state index in [9.17, 15) is 0 Å². The standard InChI is InChI=1S/C15H20N4O/c1-12-2-4-13(5-3-12)10-15-16-18-19(17-15)11-14-6-8-20-9-7-14/h2-5,14H,6-11H2,1H3. The molecule has 5 nitrogen and oxygen atoms in total. The van der Waals surface area contributed by atoms with E-state index in [1.54, 1.807) is 4.80 Å². The molecule has 1 saturated heterocycles. The first-order valence-corrected chi connectivity index (χ1v) is 7.19. The molecule has 20 heavy (non-hydrogen) atoms. The van der Waals surface area contributed by atoms with Gasteiger partial charge in [0.15, 0.2) is 5.82 Å². The Morgan fingerprint density at radius 2 is 1.95 bits per heavy atom. The summed E-state index contributed by atoms with van der Waals surface area (Å²) in [5.41, 5.74) is 2.49. The van der Waals surface area contributed by atoms with Gasteiger partial charge in [-0.25, -0.2) is 0 Å². The molecule has 106 valence electrons. The number of rotatable bonds is 4. The zero-order valence-electron chi connectivity index (χ0n) is 11.8. The molecule has 1 fully saturated rings. The van der Waals surface area contributed by atoms with Gasteiger partial charge in [0.25, 0.3) is 0 Å². The van der Waals surface area contributed by atoms with Crippen LogP contribution in [0.3, 0.4) is 0 Å². The first kappa shape index (κ1) is 13.2. The summed E-state index contributed by atoms with van der Waals surface area (Å²) in [5, 5.41) is 12.8. The van der Waals surface area contributed by atoms with Gasteiger partial charge < -0.3 is 4.74 Å². The van der Waals surface area contributed by atoms with Gasteiger partial charge in [-0.2, -0.15) is 4.80 Å². The Bertz CT molecular complexity index is 543. The van der Waals surface area contributed by atoms with Crippen molar-refractivity contribution in [1.29, 1.82) is 0 Å². The third kappa shape index (κ3) is 3.42. The van der Waals surface area contributed by atoms with Crippen molar-refractivity contribution in [2.75, 3.05) is 13.2 Å². The van der Waals surface area contributed by atoms with E-state index in [4.69, 9.17) is 4.74 Å². The first-order chi connectivity index (χ1) is 9.79. The predicted octanol–water partition coefficient (Wildman–Crippen LogP) is 2.00. The quantitative estimate of drug-likeness (QED) is 0.854. The molecule has 0 atom stereocenters. The van der Waals surface area contributed by atoms with E-state index >= 15 is 0 Å². The maximum atomic E-state index is 5.37. The van der Waals surface area contributed by atoms with Gasteiger partial charge in [-0.15, -0.1) is 10.2 Å². The van der Waals surface area contributed by atoms with Crippen LogP contribution in [0.1, 0.15) is 29.8 Å². The lowest BCUT2D eigenvalue weighted by Gasteiger charge is -2.20. The second-order valence-electron chi connectivity index (χ2n) is 5.48. The van der Waals surface area contributed by atoms with E-state index < -0.39 is 0 Å². The van der Waals surface area contributed by atoms with Crippen LogP contribution in [0.5, 0.6) is 0 Å². The highest BCUT2D eigenvalue weighted by atomic mass is 16.5. The molecule has 3 rings (SSSR count). The Balaban J connectivity index is 1.60. The second kappa shape index (κ2) is 6.13. The highest BCUT2D eigenvalue weighted by Crippen LogP contribution is 2.16. The minimum absolute atomic E-state index is 0.616. The van der Waals surface area contributed by atoms with Gasteiger partial charge in [0, 0.05) is 19.6 Å². The fourth-order valence-corrected chi connectivity index (χ4v) is 2.47. The van der Waals surface area contributed by atoms with Gasteiger partial charge in [-0.05, 0) is 36.5 Å². The van der Waals surface area contributed by atoms with Gasteiger partial charge in [0.05, 0.1) is 6.54 Å². The van der Waals surface area contributed by atoms with E-state index in [1.807, 2.05) is 0 Å². The number of nitrogens with zero attached hydrogens (tertiary/aromatic N) is 4. The van der Waals surface area contributed by atoms with Crippen LogP contribution in [0.15, 0.2) is 24.3 Å². The Labute approximate surface area is 118 Å². The maximum absolute atomic E-state index is 5.37. The Morgan fingerprint density at radius 3 is 2.70 bits per heavy atom. The van der Waals surface area contributed by atoms with Crippen molar-refractivity contribution in [1.82, 2.24) is 20.2 Å². The summed E-state index contributed by atoms with van der Waals surface area (Å²) < 4.78 is 5.37. The van der Waals surface area contributed by atoms with Crippen LogP contribution in [0.2, 0.25) is 0 Å². The van der Waals surface area contributed by atoms with Crippen LogP contribution >= 0.6 is 0 Å². The summed E-state index contributed by atoms with van der Waals surface area (Å²) in [7, 11) is 0. The third-order valence-electron chi connectivity index (χ3n) is 3.74. The summed E-state index contributed by atoms with van der Waals surface area (Å²) in [6.45, 7) is 4.65. The number of ether oxygens (including phenoxy) is 1. The zero-order valence-corrected chi connectivity index (χ0v) is 11.8. The summed E-state index contributed by atoms with van der Waals surface area (Å²) in [4.78, 5) is 1.74. The lowest BCUT2D eigenvalue weighted by Crippen LogP contribution is -2.21. The molecule has 1 aromatic carbocycles. The molecular formula is C15H20N4O. The summed E-state index contributed by atoms with van der Waals surface area (Å²) in [5.74, 6) is 1.41. The predicted molar refractivity (Wildman–Crippen MR) is 75.3 cm³/mol. The van der Waals surface area contributed by atoms with E-state index in [-0.39, 0.29) is 0 Å². The number of benzene rings is 1. The average Bonchev–Trinajstić information content (AvgIpc) is 2.90. The van der Waals surface area contributed by atoms with Crippen LogP contribution in [0, 0.1) is 12.8 Å². The van der Waals surface area contributed by atoms with Crippen molar-refractivity contribution >= 4 is 0 Å². The first-order valence-electron chi connectivity index (χ1n) is 7.19. The molecule has 1 aromatic heterocycles. The molecule has 0 unspecified atom stereocenters. The lowest BCUT2D eigenvalue weighted by molar-refractivity contribution is 0.0585. The van der Waals surface area contributed by atoms with Crippen molar-refractivity contribution in [2.24, 2.45) is 5.92 Å². The van der Waals surface area contributed by atoms with E-state index in [0.717, 1.165) is 44.8 Å². The topological polar surface area (TPSA) is 52.8 Å². The normalized spacial score (nSPS) is 16.4. The fraction of sp³-hybridized carbons (Fsp3) is 0.533. The number of tetrazole rings is 1. The Hall–Kier alpha value is -1.75. The van der Waals surface area contributed by atoms with Crippen molar-refractivity contribution in [3.05, 3.63) is 41.2 Å². The molecule has 0 amide bonds. The average molecular weight is 272 g/mol. The van der Waals surface area contributed by atoms with Crippen LogP contribution in [0.4, 0.5) is 0 Å². The van der Waals surface area contributed by atoms with Crippen LogP contribution in [-0.4, -0.2) is 33.4 Å². The number of aryl methyl sites for hydroxylation is 1. The lowest BCUT2D eigenvalue weighted by atomic mass is 10.0. The molecule has 0 radical (unpaired) electrons. The molecule has 0 aliphatic carbocycles. The monoisotopic (exact) mass is 272 g/mol. The highest BCUT2D eigenvalue weighted by Gasteiger charge is 2.15. The molecule has 0 spiro atoms. The fourth-order valence-electron chi connectivity index (χ4n) is 2.47. The Morgan fingerprint density at radius 1 is 1.20 bits per heavy atom. The minimum Gasteiger partial charge on any atom is -0.381 e. The molecule has 1 aliphatic heterocycles. The molecule has 0 bridgehead atoms. The second-order valence-corrected chi connectivity index (χ2v) is 5.48. The molecular weight excluding hydrogens is 252 g/mol. The Kier molecular flexibility index (Phi) is 4.06. The molecule has 5 heteroatoms. The molecule has 2 heterocycles. The van der Waals surface area contributed by atoms with Gasteiger partial charge in [-0.3, -0.25) is 0 Å². The van der Waals surface area contributed by atoms with Gasteiger partial charge >= 0.3 is 0 Å². The van der Waals surface area contributed by atoms with Crippen LogP contribution in [-0.2, 0) is 17.7 Å². The zero-order chi connectivity index (χ0) is 13.8. The van der Waals surface area contributed by atoms with Gasteiger partial charge in [-0.1, -0.05) is 29.8 Å². The summed E-state index contributed by atoms with van der Waals surface area (Å²) in [6, 6.07) is 8.46. The van der Waals surface area contributed by atoms with Crippen LogP contribution in [0.25, 0.3) is 0 Å². The molecule has 1 aliphatic rings. The third-order valence-corrected chi connectivity index (χ3v) is 3.74. The smallest absolute Gasteiger partial charge is 0.179 e. The minimum atomic E-state index is 0.616. The number of hydrogen-bond acceptors (Lipinski definition) is 4. The van der Waals surface area contributed by atoms with Crippen molar-refractivity contribution in [3.63, 3.8) is 0 Å². The highest BCUT2D eigenvalue weighted by molar-refractivity contribution is 5.23. The largest absolute Gasteiger partial charge is 0.381 e. The van der Waals surface area contributed by atoms with Crippen molar-refractivity contribution in [3.8, 4) is 0 Å². The number of aromatic nitrogens is 4. The van der Waals surface area contributed by atoms with E-state index in [2.05, 4.69) is 46.6 Å². The van der Waals surface area contributed by atoms with Gasteiger partial charge in [0.1, 0.15) is 0 Å². The van der Waals surface area contributed by atoms with Crippen molar-refractivity contribution < 1.29 is 4.74 Å². The van der Waals surface area contributed by atoms with E-state index in [0.29, 0.717) is 5.92 Å². The molecule has 2 aromatic rings. The summed E-state index contributed by atoms with van der Waals surface area (Å²) in [6.07, 6.45) is 2.93. The molecule has 0 N–H and O–H groups in total. The summed E-state index contributed by atoms with van der Waals surface area (Å²) >= 11 is 0. The van der Waals surface area contributed by atoms with Crippen LogP contribution < -0.4 is 0 Å². The maximum Gasteiger partial charge on any atom is 0.179 e. The number of hydrogen-bond donors (Lipinski definition) is 0. The molecule has 0 saturated carbocycles.